The molecule has 5 nitrogen and oxygen atoms in total. The van der Waals surface area contributed by atoms with Gasteiger partial charge in [-0.3, -0.25) is 4.79 Å². The minimum Gasteiger partial charge on any atom is -0.468 e. The van der Waals surface area contributed by atoms with Crippen LogP contribution < -0.4 is 0 Å². The number of carbonyl (C=O) groups is 1. The lowest BCUT2D eigenvalue weighted by Gasteiger charge is -1.90. The molecule has 1 heterocycles. The molecule has 0 spiro atoms. The molecule has 5 heteroatoms. The average Bonchev–Trinajstić information content (AvgIpc) is 2.29. The summed E-state index contributed by atoms with van der Waals surface area (Å²) in [4.78, 5) is 18.2. The second-order valence-corrected chi connectivity index (χ2v) is 2.46. The number of methoxy groups -OCH3 is 1. The summed E-state index contributed by atoms with van der Waals surface area (Å²) in [6.07, 6.45) is 2.88. The maximum Gasteiger partial charge on any atom is 0.317 e. The summed E-state index contributed by atoms with van der Waals surface area (Å²) >= 11 is 0. The molecular formula is C10H7N3O2. The topological polar surface area (TPSA) is 75.9 Å². The van der Waals surface area contributed by atoms with Crippen LogP contribution in [0.15, 0.2) is 12.4 Å². The van der Waals surface area contributed by atoms with Crippen LogP contribution in [-0.4, -0.2) is 23.0 Å². The van der Waals surface area contributed by atoms with Crippen LogP contribution in [0.4, 0.5) is 0 Å². The van der Waals surface area contributed by atoms with Crippen molar-refractivity contribution in [2.75, 3.05) is 7.11 Å². The Labute approximate surface area is 86.7 Å². The minimum atomic E-state index is -0.392. The van der Waals surface area contributed by atoms with Gasteiger partial charge in [0.2, 0.25) is 5.82 Å². The summed E-state index contributed by atoms with van der Waals surface area (Å²) in [5, 5.41) is 8.44. The molecule has 15 heavy (non-hydrogen) atoms. The van der Waals surface area contributed by atoms with E-state index in [1.165, 1.54) is 19.5 Å². The Bertz CT molecular complexity index is 448. The molecule has 0 aliphatic heterocycles. The Hall–Kier alpha value is -2.40. The molecule has 0 aliphatic rings. The van der Waals surface area contributed by atoms with Crippen molar-refractivity contribution in [3.05, 3.63) is 23.8 Å². The van der Waals surface area contributed by atoms with E-state index in [2.05, 4.69) is 26.5 Å². The van der Waals surface area contributed by atoms with Gasteiger partial charge in [0.1, 0.15) is 12.5 Å². The Morgan fingerprint density at radius 2 is 2.20 bits per heavy atom. The number of aromatic nitrogens is 2. The van der Waals surface area contributed by atoms with E-state index in [1.807, 2.05) is 0 Å². The fourth-order valence-electron chi connectivity index (χ4n) is 0.741. The number of ether oxygens (including phenoxy) is 1. The smallest absolute Gasteiger partial charge is 0.317 e. The van der Waals surface area contributed by atoms with Crippen LogP contribution >= 0.6 is 0 Å². The Morgan fingerprint density at radius 3 is 2.73 bits per heavy atom. The first-order valence-corrected chi connectivity index (χ1v) is 4.04. The second kappa shape index (κ2) is 5.36. The van der Waals surface area contributed by atoms with Crippen LogP contribution in [0, 0.1) is 23.2 Å². The van der Waals surface area contributed by atoms with Crippen molar-refractivity contribution in [1.29, 1.82) is 5.26 Å². The Kier molecular flexibility index (Phi) is 3.81. The number of rotatable bonds is 1. The fraction of sp³-hybridized carbons (Fsp3) is 0.200. The molecule has 0 unspecified atom stereocenters. The first-order chi connectivity index (χ1) is 7.26. The summed E-state index contributed by atoms with van der Waals surface area (Å²) in [5.41, 5.74) is 0.554. The highest BCUT2D eigenvalue weighted by atomic mass is 16.5. The number of hydrogen-bond acceptors (Lipinski definition) is 5. The van der Waals surface area contributed by atoms with Gasteiger partial charge in [-0.15, -0.1) is 0 Å². The van der Waals surface area contributed by atoms with E-state index in [1.54, 1.807) is 6.07 Å². The highest BCUT2D eigenvalue weighted by Crippen LogP contribution is 1.93. The SMILES string of the molecule is COC(=O)CC#Cc1cnc(C#N)nc1. The number of carbonyl (C=O) groups excluding carboxylic acids is 1. The number of nitriles is 1. The third kappa shape index (κ3) is 3.45. The number of esters is 1. The van der Waals surface area contributed by atoms with Gasteiger partial charge in [0.25, 0.3) is 0 Å². The molecule has 74 valence electrons. The zero-order valence-corrected chi connectivity index (χ0v) is 8.02. The lowest BCUT2D eigenvalue weighted by atomic mass is 10.3. The van der Waals surface area contributed by atoms with Gasteiger partial charge in [-0.05, 0) is 0 Å². The molecule has 0 fully saturated rings. The van der Waals surface area contributed by atoms with Crippen LogP contribution in [0.2, 0.25) is 0 Å². The summed E-state index contributed by atoms with van der Waals surface area (Å²) in [5.74, 6) is 4.98. The minimum absolute atomic E-state index is 0.0243. The van der Waals surface area contributed by atoms with Gasteiger partial charge in [0.15, 0.2) is 0 Å². The zero-order valence-electron chi connectivity index (χ0n) is 8.02. The maximum absolute atomic E-state index is 10.7. The monoisotopic (exact) mass is 201 g/mol. The molecule has 0 N–H and O–H groups in total. The van der Waals surface area contributed by atoms with Gasteiger partial charge in [0.05, 0.1) is 12.7 Å². The average molecular weight is 201 g/mol. The van der Waals surface area contributed by atoms with Gasteiger partial charge in [-0.2, -0.15) is 5.26 Å². The Balaban J connectivity index is 2.65. The van der Waals surface area contributed by atoms with Crippen LogP contribution in [0.5, 0.6) is 0 Å². The molecule has 1 aromatic rings. The molecule has 0 saturated carbocycles. The second-order valence-electron chi connectivity index (χ2n) is 2.46. The summed E-state index contributed by atoms with van der Waals surface area (Å²) in [6, 6.07) is 1.79. The lowest BCUT2D eigenvalue weighted by Crippen LogP contribution is -1.97. The van der Waals surface area contributed by atoms with E-state index in [4.69, 9.17) is 5.26 Å². The van der Waals surface area contributed by atoms with E-state index in [0.29, 0.717) is 5.56 Å². The maximum atomic E-state index is 10.7. The van der Waals surface area contributed by atoms with Gasteiger partial charge in [-0.25, -0.2) is 9.97 Å². The van der Waals surface area contributed by atoms with Crippen LogP contribution in [0.25, 0.3) is 0 Å². The third-order valence-corrected chi connectivity index (χ3v) is 1.44. The number of hydrogen-bond donors (Lipinski definition) is 0. The van der Waals surface area contributed by atoms with E-state index in [0.717, 1.165) is 0 Å². The number of nitrogens with zero attached hydrogens (tertiary/aromatic N) is 3. The predicted molar refractivity (Wildman–Crippen MR) is 50.3 cm³/mol. The van der Waals surface area contributed by atoms with Crippen molar-refractivity contribution in [2.45, 2.75) is 6.42 Å². The molecular weight excluding hydrogens is 194 g/mol. The van der Waals surface area contributed by atoms with Crippen molar-refractivity contribution in [1.82, 2.24) is 9.97 Å². The van der Waals surface area contributed by atoms with Gasteiger partial charge < -0.3 is 4.74 Å². The normalized spacial score (nSPS) is 8.27. The summed E-state index contributed by atoms with van der Waals surface area (Å²) in [7, 11) is 1.30. The summed E-state index contributed by atoms with van der Waals surface area (Å²) < 4.78 is 4.41. The van der Waals surface area contributed by atoms with Crippen LogP contribution in [0.1, 0.15) is 17.8 Å². The predicted octanol–water partition coefficient (Wildman–Crippen LogP) is 0.263. The van der Waals surface area contributed by atoms with Crippen molar-refractivity contribution >= 4 is 5.97 Å². The molecule has 0 amide bonds. The van der Waals surface area contributed by atoms with Crippen LogP contribution in [-0.2, 0) is 9.53 Å². The quantitative estimate of drug-likeness (QED) is 0.481. The molecule has 0 radical (unpaired) electrons. The van der Waals surface area contributed by atoms with Gasteiger partial charge >= 0.3 is 5.97 Å². The molecule has 1 rings (SSSR count). The van der Waals surface area contributed by atoms with Gasteiger partial charge in [-0.1, -0.05) is 11.8 Å². The van der Waals surface area contributed by atoms with Crippen molar-refractivity contribution < 1.29 is 9.53 Å². The van der Waals surface area contributed by atoms with E-state index >= 15 is 0 Å². The Morgan fingerprint density at radius 1 is 1.53 bits per heavy atom. The zero-order chi connectivity index (χ0) is 11.1. The first kappa shape index (κ1) is 10.7. The molecule has 0 atom stereocenters. The van der Waals surface area contributed by atoms with Crippen molar-refractivity contribution in [3.63, 3.8) is 0 Å². The largest absolute Gasteiger partial charge is 0.468 e. The molecule has 1 aromatic heterocycles. The fourth-order valence-corrected chi connectivity index (χ4v) is 0.741. The highest BCUT2D eigenvalue weighted by Gasteiger charge is 1.95. The van der Waals surface area contributed by atoms with E-state index < -0.39 is 5.97 Å². The van der Waals surface area contributed by atoms with E-state index in [9.17, 15) is 4.79 Å². The summed E-state index contributed by atoms with van der Waals surface area (Å²) in [6.45, 7) is 0. The molecule has 0 saturated heterocycles. The first-order valence-electron chi connectivity index (χ1n) is 4.04. The molecule has 0 bridgehead atoms. The lowest BCUT2D eigenvalue weighted by molar-refractivity contribution is -0.139. The van der Waals surface area contributed by atoms with Crippen LogP contribution in [0.3, 0.4) is 0 Å². The van der Waals surface area contributed by atoms with Gasteiger partial charge in [0, 0.05) is 12.4 Å². The highest BCUT2D eigenvalue weighted by molar-refractivity contribution is 5.72. The standard InChI is InChI=1S/C10H7N3O2/c1-15-10(14)4-2-3-8-6-12-9(5-11)13-7-8/h6-7H,4H2,1H3. The third-order valence-electron chi connectivity index (χ3n) is 1.44. The van der Waals surface area contributed by atoms with Crippen molar-refractivity contribution in [3.8, 4) is 17.9 Å². The van der Waals surface area contributed by atoms with Crippen molar-refractivity contribution in [2.24, 2.45) is 0 Å². The molecule has 0 aromatic carbocycles. The molecule has 0 aliphatic carbocycles. The van der Waals surface area contributed by atoms with E-state index in [-0.39, 0.29) is 12.2 Å².